The van der Waals surface area contributed by atoms with E-state index in [1.54, 1.807) is 12.3 Å². The number of aromatic hydroxyl groups is 1. The molecule has 2 fully saturated rings. The van der Waals surface area contributed by atoms with E-state index in [2.05, 4.69) is 46.2 Å². The van der Waals surface area contributed by atoms with Gasteiger partial charge < -0.3 is 14.7 Å². The summed E-state index contributed by atoms with van der Waals surface area (Å²) >= 11 is 0. The van der Waals surface area contributed by atoms with Crippen molar-refractivity contribution >= 4 is 29.4 Å². The Balaban J connectivity index is 1.33. The molecule has 0 spiro atoms. The Morgan fingerprint density at radius 1 is 0.973 bits per heavy atom. The van der Waals surface area contributed by atoms with Gasteiger partial charge in [0.15, 0.2) is 5.82 Å². The molecule has 5 rings (SSSR count). The molecule has 1 aromatic carbocycles. The first-order valence-electron chi connectivity index (χ1n) is 13.3. The van der Waals surface area contributed by atoms with Crippen LogP contribution in [0.1, 0.15) is 52.4 Å². The van der Waals surface area contributed by atoms with Crippen molar-refractivity contribution in [3.05, 3.63) is 42.6 Å². The van der Waals surface area contributed by atoms with E-state index >= 15 is 0 Å². The van der Waals surface area contributed by atoms with E-state index < -0.39 is 0 Å². The van der Waals surface area contributed by atoms with Crippen molar-refractivity contribution in [2.24, 2.45) is 10.8 Å². The fourth-order valence-electron chi connectivity index (χ4n) is 6.62. The normalized spacial score (nSPS) is 25.4. The molecule has 1 N–H and O–H groups in total. The average molecular weight is 495 g/mol. The molecule has 2 aliphatic carbocycles. The van der Waals surface area contributed by atoms with Crippen molar-refractivity contribution < 1.29 is 9.84 Å². The van der Waals surface area contributed by atoms with Gasteiger partial charge in [-0.25, -0.2) is 0 Å². The molecule has 0 unspecified atom stereocenters. The van der Waals surface area contributed by atoms with Crippen LogP contribution in [0.5, 0.6) is 11.6 Å². The maximum atomic E-state index is 10.8. The first-order valence-corrected chi connectivity index (χ1v) is 13.3. The van der Waals surface area contributed by atoms with Crippen LogP contribution in [-0.2, 0) is 0 Å². The number of hydrogen-bond acceptors (Lipinski definition) is 7. The summed E-state index contributed by atoms with van der Waals surface area (Å²) in [4.78, 5) is 2.31. The molecule has 2 aliphatic rings. The van der Waals surface area contributed by atoms with Crippen LogP contribution in [0.25, 0.3) is 22.4 Å². The van der Waals surface area contributed by atoms with Crippen LogP contribution in [-0.4, -0.2) is 67.4 Å². The van der Waals surface area contributed by atoms with Crippen LogP contribution in [0.2, 0.25) is 0 Å². The molecule has 2 aromatic heterocycles. The zero-order valence-corrected chi connectivity index (χ0v) is 23.0. The third kappa shape index (κ3) is 5.63. The first-order chi connectivity index (χ1) is 17.4. The lowest BCUT2D eigenvalue weighted by Gasteiger charge is -2.54. The second kappa shape index (κ2) is 9.37. The fourth-order valence-corrected chi connectivity index (χ4v) is 6.62. The maximum Gasteiger partial charge on any atom is 0.232 e. The molecule has 3 aromatic rings. The van der Waals surface area contributed by atoms with Crippen LogP contribution in [0.15, 0.2) is 42.6 Å². The molecule has 190 valence electrons. The van der Waals surface area contributed by atoms with Gasteiger partial charge in [-0.15, -0.1) is 15.3 Å². The number of rotatable bonds is 6. The van der Waals surface area contributed by atoms with Crippen LogP contribution < -0.4 is 9.64 Å². The van der Waals surface area contributed by atoms with E-state index in [1.165, 1.54) is 38.5 Å². The van der Waals surface area contributed by atoms with Crippen molar-refractivity contribution in [2.75, 3.05) is 11.9 Å². The van der Waals surface area contributed by atoms with Gasteiger partial charge in [-0.2, -0.15) is 5.10 Å². The Hall–Kier alpha value is -3.03. The summed E-state index contributed by atoms with van der Waals surface area (Å²) in [5, 5.41) is 27.7. The molecule has 2 heterocycles. The molecular formula is C27H36B3N5O2. The molecule has 37 heavy (non-hydrogen) atoms. The Labute approximate surface area is 222 Å². The van der Waals surface area contributed by atoms with E-state index in [1.807, 2.05) is 53.9 Å². The minimum absolute atomic E-state index is 0.143. The lowest BCUT2D eigenvalue weighted by atomic mass is 9.52. The number of hydrogen-bond donors (Lipinski definition) is 1. The summed E-state index contributed by atoms with van der Waals surface area (Å²) in [5.41, 5.74) is 3.78. The highest BCUT2D eigenvalue weighted by Gasteiger charge is 2.47. The van der Waals surface area contributed by atoms with E-state index in [9.17, 15) is 5.11 Å². The second-order valence-electron chi connectivity index (χ2n) is 12.8. The van der Waals surface area contributed by atoms with Crippen LogP contribution in [0, 0.1) is 10.8 Å². The van der Waals surface area contributed by atoms with Crippen LogP contribution >= 0.6 is 0 Å². The summed E-state index contributed by atoms with van der Waals surface area (Å²) < 4.78 is 5.84. The maximum absolute atomic E-state index is 10.8. The van der Waals surface area contributed by atoms with Gasteiger partial charge in [0.1, 0.15) is 29.3 Å². The minimum atomic E-state index is -0.371. The van der Waals surface area contributed by atoms with E-state index in [0.717, 1.165) is 16.9 Å². The number of fused-ring (bicyclic) bond motifs is 2. The van der Waals surface area contributed by atoms with Gasteiger partial charge in [-0.3, -0.25) is 0 Å². The van der Waals surface area contributed by atoms with Gasteiger partial charge >= 0.3 is 0 Å². The summed E-state index contributed by atoms with van der Waals surface area (Å²) in [6, 6.07) is 11.8. The third-order valence-corrected chi connectivity index (χ3v) is 8.08. The summed E-state index contributed by atoms with van der Waals surface area (Å²) in [7, 11) is 8.04. The SMILES string of the molecule is BC(B)(B)Oc1cc(-c2ccc(-c3ccc(N(C)[C@H]4C[C@]5(C)CCC[C@](C)(C4)C5)nn3)c(O)c2)cnn1. The molecule has 0 radical (unpaired) electrons. The fraction of sp³-hybridized carbons (Fsp3) is 0.481. The third-order valence-electron chi connectivity index (χ3n) is 8.08. The van der Waals surface area contributed by atoms with Crippen LogP contribution in [0.4, 0.5) is 5.82 Å². The van der Waals surface area contributed by atoms with E-state index in [4.69, 9.17) is 4.74 Å². The Bertz CT molecular complexity index is 1270. The average Bonchev–Trinajstić information content (AvgIpc) is 2.81. The Morgan fingerprint density at radius 3 is 2.32 bits per heavy atom. The summed E-state index contributed by atoms with van der Waals surface area (Å²) in [6.07, 6.45) is 9.41. The van der Waals surface area contributed by atoms with Crippen molar-refractivity contribution in [2.45, 2.75) is 63.7 Å². The number of nitrogens with zero attached hydrogens (tertiary/aromatic N) is 5. The molecule has 0 aliphatic heterocycles. The number of benzene rings is 1. The standard InChI is InChI=1S/C27H36B3N5O2/c1-25-9-4-10-26(2,16-25)14-19(13-25)35(3)23-8-7-21(32-33-23)20-6-5-17(11-22(20)36)18-12-24(34-31-15-18)37-27(28,29)30/h5-8,11-12,15,19,36H,4,9-10,13-14,16,28-30H2,1-3H3/t19-,25-,26+. The largest absolute Gasteiger partial charge is 0.507 e. The Morgan fingerprint density at radius 2 is 1.70 bits per heavy atom. The molecule has 0 saturated heterocycles. The Kier molecular flexibility index (Phi) is 6.49. The number of aromatic nitrogens is 4. The van der Waals surface area contributed by atoms with E-state index in [0.29, 0.717) is 34.0 Å². The minimum Gasteiger partial charge on any atom is -0.507 e. The van der Waals surface area contributed by atoms with Gasteiger partial charge in [0.05, 0.1) is 11.9 Å². The van der Waals surface area contributed by atoms with Gasteiger partial charge in [0, 0.05) is 35.6 Å². The summed E-state index contributed by atoms with van der Waals surface area (Å²) in [5.74, 6) is 1.47. The monoisotopic (exact) mass is 495 g/mol. The number of phenols is 1. The zero-order chi connectivity index (χ0) is 26.4. The van der Waals surface area contributed by atoms with Crippen molar-refractivity contribution in [1.29, 1.82) is 0 Å². The first kappa shape index (κ1) is 25.6. The molecule has 10 heteroatoms. The highest BCUT2D eigenvalue weighted by molar-refractivity contribution is 6.58. The molecule has 7 nitrogen and oxygen atoms in total. The van der Waals surface area contributed by atoms with Gasteiger partial charge in [0.25, 0.3) is 0 Å². The molecule has 0 amide bonds. The lowest BCUT2D eigenvalue weighted by molar-refractivity contribution is 0.0141. The predicted molar refractivity (Wildman–Crippen MR) is 155 cm³/mol. The van der Waals surface area contributed by atoms with Crippen LogP contribution in [0.3, 0.4) is 0 Å². The van der Waals surface area contributed by atoms with Crippen molar-refractivity contribution in [3.8, 4) is 34.0 Å². The molecule has 2 saturated carbocycles. The highest BCUT2D eigenvalue weighted by atomic mass is 16.5. The number of phenolic OH excluding ortho intramolecular Hbond substituents is 1. The lowest BCUT2D eigenvalue weighted by Crippen LogP contribution is -2.49. The molecule has 3 atom stereocenters. The van der Waals surface area contributed by atoms with Gasteiger partial charge in [-0.05, 0) is 72.8 Å². The number of anilines is 1. The van der Waals surface area contributed by atoms with Gasteiger partial charge in [-0.1, -0.05) is 26.3 Å². The zero-order valence-electron chi connectivity index (χ0n) is 23.0. The van der Waals surface area contributed by atoms with Gasteiger partial charge in [0.2, 0.25) is 5.88 Å². The molecular weight excluding hydrogens is 459 g/mol. The predicted octanol–water partition coefficient (Wildman–Crippen LogP) is 2.38. The van der Waals surface area contributed by atoms with Crippen molar-refractivity contribution in [1.82, 2.24) is 20.4 Å². The topological polar surface area (TPSA) is 84.3 Å². The summed E-state index contributed by atoms with van der Waals surface area (Å²) in [6.45, 7) is 4.93. The highest BCUT2D eigenvalue weighted by Crippen LogP contribution is 2.56. The quantitative estimate of drug-likeness (QED) is 0.527. The van der Waals surface area contributed by atoms with Crippen molar-refractivity contribution in [3.63, 3.8) is 0 Å². The number of ether oxygens (including phenoxy) is 1. The second-order valence-corrected chi connectivity index (χ2v) is 12.8. The van der Waals surface area contributed by atoms with E-state index in [-0.39, 0.29) is 11.0 Å². The molecule has 2 bridgehead atoms. The smallest absolute Gasteiger partial charge is 0.232 e.